The minimum atomic E-state index is -0.579. The highest BCUT2D eigenvalue weighted by atomic mass is 16.5. The third-order valence-electron chi connectivity index (χ3n) is 13.1. The molecule has 0 saturated heterocycles. The molecule has 0 unspecified atom stereocenters. The van der Waals surface area contributed by atoms with Gasteiger partial charge in [-0.3, -0.25) is 0 Å². The number of benzene rings is 9. The molecule has 1 aliphatic carbocycles. The number of fused-ring (bicyclic) bond motifs is 11. The van der Waals surface area contributed by atoms with E-state index in [4.69, 9.17) is 19.7 Å². The Bertz CT molecular complexity index is 3340. The Morgan fingerprint density at radius 1 is 0.344 bits per heavy atom. The summed E-state index contributed by atoms with van der Waals surface area (Å²) in [4.78, 5) is 15.5. The van der Waals surface area contributed by atoms with Gasteiger partial charge in [-0.25, -0.2) is 15.0 Å². The Morgan fingerprint density at radius 2 is 0.885 bits per heavy atom. The molecule has 0 amide bonds. The van der Waals surface area contributed by atoms with Gasteiger partial charge >= 0.3 is 0 Å². The first-order valence-electron chi connectivity index (χ1n) is 20.9. The lowest BCUT2D eigenvalue weighted by molar-refractivity contribution is 0.425. The molecule has 1 aromatic heterocycles. The lowest BCUT2D eigenvalue weighted by atomic mass is 9.53. The summed E-state index contributed by atoms with van der Waals surface area (Å²) in [7, 11) is 0. The first-order chi connectivity index (χ1) is 30.0. The highest BCUT2D eigenvalue weighted by molar-refractivity contribution is 6.08. The van der Waals surface area contributed by atoms with Crippen LogP contribution in [0, 0.1) is 0 Å². The van der Waals surface area contributed by atoms with Crippen LogP contribution in [0.5, 0.6) is 11.5 Å². The third-order valence-corrected chi connectivity index (χ3v) is 13.1. The predicted octanol–water partition coefficient (Wildman–Crippen LogP) is 14.0. The molecule has 4 nitrogen and oxygen atoms in total. The molecular weight excluding hydrogens is 743 g/mol. The van der Waals surface area contributed by atoms with E-state index >= 15 is 0 Å². The Kier molecular flexibility index (Phi) is 7.76. The average Bonchev–Trinajstić information content (AvgIpc) is 3.32. The van der Waals surface area contributed by atoms with Crippen LogP contribution in [-0.4, -0.2) is 15.0 Å². The molecule has 0 N–H and O–H groups in total. The molecule has 288 valence electrons. The summed E-state index contributed by atoms with van der Waals surface area (Å²) in [6.45, 7) is 4.70. The van der Waals surface area contributed by atoms with E-state index < -0.39 is 5.41 Å². The van der Waals surface area contributed by atoms with Gasteiger partial charge in [-0.05, 0) is 73.1 Å². The molecule has 61 heavy (non-hydrogen) atoms. The van der Waals surface area contributed by atoms with E-state index in [2.05, 4.69) is 196 Å². The van der Waals surface area contributed by atoms with Gasteiger partial charge in [-0.2, -0.15) is 0 Å². The summed E-state index contributed by atoms with van der Waals surface area (Å²) in [5.41, 5.74) is 11.5. The van der Waals surface area contributed by atoms with E-state index in [0.29, 0.717) is 17.5 Å². The van der Waals surface area contributed by atoms with E-state index in [9.17, 15) is 0 Å². The summed E-state index contributed by atoms with van der Waals surface area (Å²) >= 11 is 0. The van der Waals surface area contributed by atoms with Crippen molar-refractivity contribution in [1.29, 1.82) is 0 Å². The number of aromatic nitrogens is 3. The molecule has 1 spiro atoms. The molecule has 9 aromatic carbocycles. The predicted molar refractivity (Wildman–Crippen MR) is 247 cm³/mol. The average molecular weight is 782 g/mol. The van der Waals surface area contributed by atoms with Crippen molar-refractivity contribution in [3.05, 3.63) is 234 Å². The Labute approximate surface area is 354 Å². The second kappa shape index (κ2) is 13.4. The topological polar surface area (TPSA) is 47.9 Å². The second-order valence-corrected chi connectivity index (χ2v) is 16.7. The van der Waals surface area contributed by atoms with Crippen molar-refractivity contribution < 1.29 is 4.74 Å². The van der Waals surface area contributed by atoms with E-state index in [-0.39, 0.29) is 5.41 Å². The minimum absolute atomic E-state index is 0.187. The summed E-state index contributed by atoms with van der Waals surface area (Å²) in [6.07, 6.45) is 0. The van der Waals surface area contributed by atoms with Crippen LogP contribution in [0.4, 0.5) is 0 Å². The number of hydrogen-bond acceptors (Lipinski definition) is 4. The van der Waals surface area contributed by atoms with Crippen molar-refractivity contribution in [3.8, 4) is 56.8 Å². The first-order valence-corrected chi connectivity index (χ1v) is 20.9. The molecule has 0 saturated carbocycles. The van der Waals surface area contributed by atoms with Crippen LogP contribution in [0.25, 0.3) is 66.8 Å². The maximum absolute atomic E-state index is 6.97. The van der Waals surface area contributed by atoms with Crippen molar-refractivity contribution in [2.24, 2.45) is 0 Å². The molecular formula is C57H39N3O. The number of nitrogens with zero attached hydrogens (tertiary/aromatic N) is 3. The highest BCUT2D eigenvalue weighted by Gasteiger charge is 2.52. The lowest BCUT2D eigenvalue weighted by Crippen LogP contribution is -2.43. The van der Waals surface area contributed by atoms with Gasteiger partial charge in [-0.1, -0.05) is 196 Å². The van der Waals surface area contributed by atoms with Crippen LogP contribution in [0.1, 0.15) is 47.2 Å². The van der Waals surface area contributed by atoms with E-state index in [1.807, 2.05) is 18.2 Å². The monoisotopic (exact) mass is 781 g/mol. The van der Waals surface area contributed by atoms with E-state index in [0.717, 1.165) is 55.8 Å². The molecule has 0 fully saturated rings. The summed E-state index contributed by atoms with van der Waals surface area (Å²) in [5.74, 6) is 3.55. The number of para-hydroxylation sites is 1. The van der Waals surface area contributed by atoms with Crippen LogP contribution in [0.15, 0.2) is 200 Å². The smallest absolute Gasteiger partial charge is 0.164 e. The Balaban J connectivity index is 1.05. The zero-order chi connectivity index (χ0) is 40.7. The summed E-state index contributed by atoms with van der Waals surface area (Å²) in [6, 6.07) is 71.2. The van der Waals surface area contributed by atoms with Gasteiger partial charge in [-0.15, -0.1) is 0 Å². The van der Waals surface area contributed by atoms with Crippen molar-refractivity contribution >= 4 is 21.5 Å². The van der Waals surface area contributed by atoms with Gasteiger partial charge in [0.25, 0.3) is 0 Å². The molecule has 10 aromatic rings. The maximum Gasteiger partial charge on any atom is 0.164 e. The van der Waals surface area contributed by atoms with Crippen LogP contribution in [0.2, 0.25) is 0 Å². The molecule has 1 aliphatic heterocycles. The van der Waals surface area contributed by atoms with Crippen molar-refractivity contribution in [2.45, 2.75) is 24.7 Å². The third kappa shape index (κ3) is 5.28. The fourth-order valence-electron chi connectivity index (χ4n) is 10.2. The second-order valence-electron chi connectivity index (χ2n) is 16.7. The zero-order valence-electron chi connectivity index (χ0n) is 33.8. The molecule has 2 heterocycles. The molecule has 12 rings (SSSR count). The Hall–Kier alpha value is -7.69. The number of rotatable bonds is 4. The van der Waals surface area contributed by atoms with E-state index in [1.165, 1.54) is 38.4 Å². The van der Waals surface area contributed by atoms with Gasteiger partial charge in [0.05, 0.1) is 5.41 Å². The van der Waals surface area contributed by atoms with Crippen LogP contribution in [0.3, 0.4) is 0 Å². The SMILES string of the molecule is CC1(C)c2ccccc2C2(c3ccccc3Oc3cc(-c4ccccc4-c4nc(-c5ccccc5)nc(-c5ccc6c(ccc7ccccc76)c5)n4)ccc32)c2ccccc21. The zero-order valence-corrected chi connectivity index (χ0v) is 33.8. The van der Waals surface area contributed by atoms with Crippen LogP contribution < -0.4 is 4.74 Å². The van der Waals surface area contributed by atoms with Gasteiger partial charge in [0.15, 0.2) is 17.5 Å². The summed E-state index contributed by atoms with van der Waals surface area (Å²) in [5, 5.41) is 4.79. The highest BCUT2D eigenvalue weighted by Crippen LogP contribution is 2.61. The van der Waals surface area contributed by atoms with Crippen LogP contribution in [-0.2, 0) is 10.8 Å². The number of ether oxygens (including phenoxy) is 1. The molecule has 0 atom stereocenters. The van der Waals surface area contributed by atoms with Gasteiger partial charge < -0.3 is 4.74 Å². The normalized spacial score (nSPS) is 14.1. The van der Waals surface area contributed by atoms with Gasteiger partial charge in [0.2, 0.25) is 0 Å². The quantitative estimate of drug-likeness (QED) is 0.167. The van der Waals surface area contributed by atoms with Crippen molar-refractivity contribution in [2.75, 3.05) is 0 Å². The molecule has 0 bridgehead atoms. The van der Waals surface area contributed by atoms with Crippen LogP contribution >= 0.6 is 0 Å². The fraction of sp³-hybridized carbons (Fsp3) is 0.0702. The molecule has 4 heteroatoms. The number of hydrogen-bond donors (Lipinski definition) is 0. The first kappa shape index (κ1) is 35.3. The van der Waals surface area contributed by atoms with E-state index in [1.54, 1.807) is 0 Å². The minimum Gasteiger partial charge on any atom is -0.457 e. The fourth-order valence-corrected chi connectivity index (χ4v) is 10.2. The van der Waals surface area contributed by atoms with Gasteiger partial charge in [0, 0.05) is 33.2 Å². The maximum atomic E-state index is 6.97. The standard InChI is InChI=1S/C57H39N3O/c1-56(2)45-22-10-12-24-47(45)57(48-25-13-11-23-46(48)56)49-26-14-15-27-51(49)61-52-35-39(31-33-50(52)57)42-20-8-9-21-44(42)55-59-53(37-17-4-3-5-18-37)58-54(60-55)40-30-32-43-38(34-40)29-28-36-16-6-7-19-41(36)43/h3-35H,1-2H3. The van der Waals surface area contributed by atoms with Crippen molar-refractivity contribution in [1.82, 2.24) is 15.0 Å². The Morgan fingerprint density at radius 3 is 1.66 bits per heavy atom. The van der Waals surface area contributed by atoms with Crippen molar-refractivity contribution in [3.63, 3.8) is 0 Å². The molecule has 0 radical (unpaired) electrons. The largest absolute Gasteiger partial charge is 0.457 e. The molecule has 2 aliphatic rings. The van der Waals surface area contributed by atoms with Gasteiger partial charge in [0.1, 0.15) is 11.5 Å². The summed E-state index contributed by atoms with van der Waals surface area (Å²) < 4.78 is 6.97. The lowest BCUT2D eigenvalue weighted by Gasteiger charge is -2.50.